The number of anilines is 1. The Labute approximate surface area is 147 Å². The topological polar surface area (TPSA) is 98.0 Å². The van der Waals surface area contributed by atoms with Crippen LogP contribution in [-0.2, 0) is 4.79 Å². The molecule has 3 aromatic rings. The quantitative estimate of drug-likeness (QED) is 0.536. The van der Waals surface area contributed by atoms with Crippen molar-refractivity contribution in [3.8, 4) is 11.6 Å². The number of amides is 1. The maximum absolute atomic E-state index is 12.2. The van der Waals surface area contributed by atoms with E-state index in [1.165, 1.54) is 18.7 Å². The lowest BCUT2D eigenvalue weighted by molar-refractivity contribution is -0.114. The average Bonchev–Trinajstić information content (AvgIpc) is 3.10. The fourth-order valence-electron chi connectivity index (χ4n) is 2.01. The minimum Gasteiger partial charge on any atom is -0.410 e. The Morgan fingerprint density at radius 3 is 2.60 bits per heavy atom. The molecule has 2 aromatic heterocycles. The second-order valence-corrected chi connectivity index (χ2v) is 5.99. The molecule has 0 atom stereocenters. The third kappa shape index (κ3) is 4.51. The number of benzene rings is 1. The van der Waals surface area contributed by atoms with Gasteiger partial charge in [0, 0.05) is 24.4 Å². The molecular weight excluding hydrogens is 340 g/mol. The van der Waals surface area contributed by atoms with Gasteiger partial charge in [0.05, 0.1) is 5.75 Å². The van der Waals surface area contributed by atoms with Crippen LogP contribution >= 0.6 is 11.8 Å². The molecule has 8 heteroatoms. The van der Waals surface area contributed by atoms with Crippen LogP contribution in [0.5, 0.6) is 0 Å². The van der Waals surface area contributed by atoms with E-state index in [0.29, 0.717) is 28.1 Å². The first-order chi connectivity index (χ1) is 12.1. The SMILES string of the molecule is CC(=O)Nc1ccc(C(=O)CSc2nnc(-c3ccccn3)o2)cc1. The Hall–Kier alpha value is -3.00. The van der Waals surface area contributed by atoms with Gasteiger partial charge in [0.1, 0.15) is 5.69 Å². The molecule has 1 aromatic carbocycles. The average molecular weight is 354 g/mol. The molecule has 3 rings (SSSR count). The highest BCUT2D eigenvalue weighted by Gasteiger charge is 2.13. The van der Waals surface area contributed by atoms with Crippen LogP contribution < -0.4 is 5.32 Å². The van der Waals surface area contributed by atoms with Gasteiger partial charge in [0.25, 0.3) is 11.1 Å². The molecule has 0 aliphatic carbocycles. The van der Waals surface area contributed by atoms with Gasteiger partial charge in [-0.05, 0) is 36.4 Å². The van der Waals surface area contributed by atoms with Crippen molar-refractivity contribution in [2.75, 3.05) is 11.1 Å². The number of Topliss-reactive ketones (excluding diaryl/α,β-unsaturated/α-hetero) is 1. The highest BCUT2D eigenvalue weighted by molar-refractivity contribution is 7.99. The van der Waals surface area contributed by atoms with Gasteiger partial charge in [0.15, 0.2) is 5.78 Å². The minimum atomic E-state index is -0.158. The molecule has 0 fully saturated rings. The number of nitrogens with zero attached hydrogens (tertiary/aromatic N) is 3. The van der Waals surface area contributed by atoms with E-state index >= 15 is 0 Å². The molecule has 25 heavy (non-hydrogen) atoms. The molecule has 7 nitrogen and oxygen atoms in total. The Kier molecular flexibility index (Phi) is 5.20. The maximum Gasteiger partial charge on any atom is 0.277 e. The predicted octanol–water partition coefficient (Wildman–Crippen LogP) is 3.07. The molecule has 126 valence electrons. The van der Waals surface area contributed by atoms with Gasteiger partial charge in [-0.2, -0.15) is 0 Å². The monoisotopic (exact) mass is 354 g/mol. The van der Waals surface area contributed by atoms with E-state index < -0.39 is 0 Å². The predicted molar refractivity (Wildman–Crippen MR) is 93.3 cm³/mol. The lowest BCUT2D eigenvalue weighted by atomic mass is 10.1. The van der Waals surface area contributed by atoms with Gasteiger partial charge < -0.3 is 9.73 Å². The van der Waals surface area contributed by atoms with Crippen LogP contribution in [0, 0.1) is 0 Å². The number of hydrogen-bond acceptors (Lipinski definition) is 7. The Bertz CT molecular complexity index is 878. The van der Waals surface area contributed by atoms with Crippen molar-refractivity contribution in [2.45, 2.75) is 12.1 Å². The lowest BCUT2D eigenvalue weighted by Gasteiger charge is -2.03. The van der Waals surface area contributed by atoms with E-state index in [0.717, 1.165) is 0 Å². The fraction of sp³-hybridized carbons (Fsp3) is 0.118. The summed E-state index contributed by atoms with van der Waals surface area (Å²) in [5.74, 6) is 0.255. The molecule has 0 saturated heterocycles. The molecule has 0 spiro atoms. The molecular formula is C17H14N4O3S. The van der Waals surface area contributed by atoms with Crippen LogP contribution in [0.1, 0.15) is 17.3 Å². The van der Waals surface area contributed by atoms with Crippen LogP contribution in [0.3, 0.4) is 0 Å². The van der Waals surface area contributed by atoms with Crippen LogP contribution in [0.15, 0.2) is 58.3 Å². The van der Waals surface area contributed by atoms with Crippen molar-refractivity contribution in [1.82, 2.24) is 15.2 Å². The Balaban J connectivity index is 1.59. The van der Waals surface area contributed by atoms with E-state index in [-0.39, 0.29) is 17.4 Å². The molecule has 1 amide bonds. The molecule has 0 aliphatic rings. The lowest BCUT2D eigenvalue weighted by Crippen LogP contribution is -2.07. The van der Waals surface area contributed by atoms with Crippen LogP contribution in [0.4, 0.5) is 5.69 Å². The summed E-state index contributed by atoms with van der Waals surface area (Å²) >= 11 is 1.17. The third-order valence-electron chi connectivity index (χ3n) is 3.14. The fourth-order valence-corrected chi connectivity index (χ4v) is 2.67. The van der Waals surface area contributed by atoms with Crippen molar-refractivity contribution in [1.29, 1.82) is 0 Å². The number of carbonyl (C=O) groups excluding carboxylic acids is 2. The zero-order valence-electron chi connectivity index (χ0n) is 13.3. The van der Waals surface area contributed by atoms with E-state index in [1.54, 1.807) is 42.6 Å². The highest BCUT2D eigenvalue weighted by atomic mass is 32.2. The van der Waals surface area contributed by atoms with E-state index in [4.69, 9.17) is 4.42 Å². The first-order valence-electron chi connectivity index (χ1n) is 7.40. The maximum atomic E-state index is 12.2. The molecule has 0 radical (unpaired) electrons. The zero-order valence-corrected chi connectivity index (χ0v) is 14.1. The zero-order chi connectivity index (χ0) is 17.6. The number of ketones is 1. The van der Waals surface area contributed by atoms with Gasteiger partial charge in [-0.1, -0.05) is 17.8 Å². The van der Waals surface area contributed by atoms with Gasteiger partial charge in [-0.3, -0.25) is 14.6 Å². The molecule has 2 heterocycles. The molecule has 1 N–H and O–H groups in total. The third-order valence-corrected chi connectivity index (χ3v) is 3.96. The summed E-state index contributed by atoms with van der Waals surface area (Å²) in [5, 5.41) is 10.8. The summed E-state index contributed by atoms with van der Waals surface area (Å²) in [6.07, 6.45) is 1.64. The number of pyridine rings is 1. The summed E-state index contributed by atoms with van der Waals surface area (Å²) in [6.45, 7) is 1.43. The summed E-state index contributed by atoms with van der Waals surface area (Å²) in [5.41, 5.74) is 1.78. The van der Waals surface area contributed by atoms with E-state index in [1.807, 2.05) is 6.07 Å². The normalized spacial score (nSPS) is 10.4. The smallest absolute Gasteiger partial charge is 0.277 e. The molecule has 0 aliphatic heterocycles. The number of aromatic nitrogens is 3. The highest BCUT2D eigenvalue weighted by Crippen LogP contribution is 2.22. The van der Waals surface area contributed by atoms with Crippen molar-refractivity contribution in [3.05, 3.63) is 54.2 Å². The number of rotatable bonds is 6. The van der Waals surface area contributed by atoms with Crippen molar-refractivity contribution < 1.29 is 14.0 Å². The van der Waals surface area contributed by atoms with E-state index in [2.05, 4.69) is 20.5 Å². The molecule has 0 saturated carbocycles. The largest absolute Gasteiger partial charge is 0.410 e. The standard InChI is InChI=1S/C17H14N4O3S/c1-11(22)19-13-7-5-12(6-8-13)15(23)10-25-17-21-20-16(24-17)14-4-2-3-9-18-14/h2-9H,10H2,1H3,(H,19,22). The van der Waals surface area contributed by atoms with Crippen molar-refractivity contribution >= 4 is 29.1 Å². The summed E-state index contributed by atoms with van der Waals surface area (Å²) in [4.78, 5) is 27.3. The Morgan fingerprint density at radius 2 is 1.92 bits per heavy atom. The number of nitrogens with one attached hydrogen (secondary N) is 1. The molecule has 0 bridgehead atoms. The summed E-state index contributed by atoms with van der Waals surface area (Å²) in [6, 6.07) is 12.1. The second kappa shape index (κ2) is 7.71. The van der Waals surface area contributed by atoms with Gasteiger partial charge in [0.2, 0.25) is 5.91 Å². The molecule has 0 unspecified atom stereocenters. The summed E-state index contributed by atoms with van der Waals surface area (Å²) < 4.78 is 5.50. The van der Waals surface area contributed by atoms with Crippen LogP contribution in [-0.4, -0.2) is 32.6 Å². The van der Waals surface area contributed by atoms with Crippen LogP contribution in [0.25, 0.3) is 11.6 Å². The number of hydrogen-bond donors (Lipinski definition) is 1. The number of thioether (sulfide) groups is 1. The van der Waals surface area contributed by atoms with Crippen LogP contribution in [0.2, 0.25) is 0 Å². The van der Waals surface area contributed by atoms with Gasteiger partial charge in [-0.25, -0.2) is 0 Å². The van der Waals surface area contributed by atoms with E-state index in [9.17, 15) is 9.59 Å². The first kappa shape index (κ1) is 16.8. The van der Waals surface area contributed by atoms with Crippen molar-refractivity contribution in [3.63, 3.8) is 0 Å². The summed E-state index contributed by atoms with van der Waals surface area (Å²) in [7, 11) is 0. The van der Waals surface area contributed by atoms with Gasteiger partial charge in [-0.15, -0.1) is 10.2 Å². The second-order valence-electron chi connectivity index (χ2n) is 5.06. The first-order valence-corrected chi connectivity index (χ1v) is 8.39. The Morgan fingerprint density at radius 1 is 1.12 bits per heavy atom. The van der Waals surface area contributed by atoms with Gasteiger partial charge >= 0.3 is 0 Å². The number of carbonyl (C=O) groups is 2. The van der Waals surface area contributed by atoms with Crippen molar-refractivity contribution in [2.24, 2.45) is 0 Å². The minimum absolute atomic E-state index is 0.0723.